The normalized spacial score (nSPS) is 10.5. The van der Waals surface area contributed by atoms with E-state index in [9.17, 15) is 4.79 Å². The number of hydrogen-bond donors (Lipinski definition) is 2. The summed E-state index contributed by atoms with van der Waals surface area (Å²) in [7, 11) is 5.65. The second-order valence-corrected chi connectivity index (χ2v) is 5.15. The van der Waals surface area contributed by atoms with E-state index < -0.39 is 0 Å². The summed E-state index contributed by atoms with van der Waals surface area (Å²) in [5, 5.41) is 5.25. The largest absolute Gasteiger partial charge is 0.378 e. The standard InChI is InChI=1S/C18H21N3O/c1-19-18(22)20-16-10-6-14(7-11-16)4-5-15-8-12-17(13-9-15)21(2)3/h4-13H,1-3H3,(H2,19,20,22)/b5-4+. The van der Waals surface area contributed by atoms with Crippen LogP contribution in [0.15, 0.2) is 48.5 Å². The van der Waals surface area contributed by atoms with Crippen LogP contribution < -0.4 is 15.5 Å². The summed E-state index contributed by atoms with van der Waals surface area (Å²) >= 11 is 0. The second-order valence-electron chi connectivity index (χ2n) is 5.15. The van der Waals surface area contributed by atoms with Gasteiger partial charge in [0.15, 0.2) is 0 Å². The molecule has 0 bridgehead atoms. The molecule has 4 heteroatoms. The van der Waals surface area contributed by atoms with E-state index in [-0.39, 0.29) is 6.03 Å². The summed E-state index contributed by atoms with van der Waals surface area (Å²) in [5.74, 6) is 0. The van der Waals surface area contributed by atoms with Gasteiger partial charge >= 0.3 is 6.03 Å². The average Bonchev–Trinajstić information content (AvgIpc) is 2.54. The lowest BCUT2D eigenvalue weighted by molar-refractivity contribution is 0.254. The van der Waals surface area contributed by atoms with E-state index in [1.54, 1.807) is 7.05 Å². The maximum absolute atomic E-state index is 11.2. The topological polar surface area (TPSA) is 44.4 Å². The van der Waals surface area contributed by atoms with Gasteiger partial charge in [-0.3, -0.25) is 0 Å². The maximum Gasteiger partial charge on any atom is 0.318 e. The fraction of sp³-hybridized carbons (Fsp3) is 0.167. The van der Waals surface area contributed by atoms with Gasteiger partial charge < -0.3 is 15.5 Å². The molecule has 0 fully saturated rings. The first-order valence-electron chi connectivity index (χ1n) is 7.13. The van der Waals surface area contributed by atoms with Crippen LogP contribution >= 0.6 is 0 Å². The Labute approximate surface area is 131 Å². The molecule has 0 aliphatic carbocycles. The van der Waals surface area contributed by atoms with Crippen LogP contribution in [0.3, 0.4) is 0 Å². The third-order valence-electron chi connectivity index (χ3n) is 3.27. The molecule has 0 radical (unpaired) electrons. The fourth-order valence-corrected chi connectivity index (χ4v) is 1.95. The number of amides is 2. The van der Waals surface area contributed by atoms with Crippen LogP contribution in [0.1, 0.15) is 11.1 Å². The summed E-state index contributed by atoms with van der Waals surface area (Å²) in [6.07, 6.45) is 4.12. The summed E-state index contributed by atoms with van der Waals surface area (Å²) in [6.45, 7) is 0. The van der Waals surface area contributed by atoms with Crippen molar-refractivity contribution in [2.45, 2.75) is 0 Å². The minimum absolute atomic E-state index is 0.218. The van der Waals surface area contributed by atoms with Crippen LogP contribution in [-0.4, -0.2) is 27.2 Å². The van der Waals surface area contributed by atoms with Crippen LogP contribution in [0, 0.1) is 0 Å². The van der Waals surface area contributed by atoms with Crippen molar-refractivity contribution in [1.82, 2.24) is 5.32 Å². The number of urea groups is 1. The molecule has 0 aliphatic rings. The lowest BCUT2D eigenvalue weighted by atomic mass is 10.1. The molecule has 0 saturated carbocycles. The van der Waals surface area contributed by atoms with Gasteiger partial charge in [-0.25, -0.2) is 4.79 Å². The van der Waals surface area contributed by atoms with Crippen molar-refractivity contribution in [3.8, 4) is 0 Å². The van der Waals surface area contributed by atoms with Gasteiger partial charge in [0.1, 0.15) is 0 Å². The summed E-state index contributed by atoms with van der Waals surface area (Å²) in [4.78, 5) is 13.3. The molecule has 0 saturated heterocycles. The Balaban J connectivity index is 2.02. The first kappa shape index (κ1) is 15.6. The van der Waals surface area contributed by atoms with E-state index in [2.05, 4.69) is 45.9 Å². The Morgan fingerprint density at radius 3 is 1.86 bits per heavy atom. The minimum atomic E-state index is -0.218. The Morgan fingerprint density at radius 2 is 1.41 bits per heavy atom. The molecule has 0 aliphatic heterocycles. The highest BCUT2D eigenvalue weighted by molar-refractivity contribution is 5.89. The van der Waals surface area contributed by atoms with Gasteiger partial charge in [-0.15, -0.1) is 0 Å². The van der Waals surface area contributed by atoms with Gasteiger partial charge in [0.2, 0.25) is 0 Å². The van der Waals surface area contributed by atoms with Gasteiger partial charge in [-0.1, -0.05) is 36.4 Å². The zero-order valence-corrected chi connectivity index (χ0v) is 13.1. The van der Waals surface area contributed by atoms with Crippen molar-refractivity contribution in [3.63, 3.8) is 0 Å². The van der Waals surface area contributed by atoms with Gasteiger partial charge in [0.25, 0.3) is 0 Å². The van der Waals surface area contributed by atoms with E-state index in [4.69, 9.17) is 0 Å². The Hall–Kier alpha value is -2.75. The van der Waals surface area contributed by atoms with Crippen LogP contribution in [-0.2, 0) is 0 Å². The molecule has 2 aromatic carbocycles. The average molecular weight is 295 g/mol. The highest BCUT2D eigenvalue weighted by atomic mass is 16.2. The molecule has 4 nitrogen and oxygen atoms in total. The van der Waals surface area contributed by atoms with Crippen LogP contribution in [0.2, 0.25) is 0 Å². The molecule has 0 heterocycles. The molecular weight excluding hydrogens is 274 g/mol. The highest BCUT2D eigenvalue weighted by Crippen LogP contribution is 2.15. The first-order valence-corrected chi connectivity index (χ1v) is 7.13. The number of benzene rings is 2. The molecular formula is C18H21N3O. The number of nitrogens with one attached hydrogen (secondary N) is 2. The number of carbonyl (C=O) groups is 1. The molecule has 2 aromatic rings. The number of carbonyl (C=O) groups excluding carboxylic acids is 1. The zero-order valence-electron chi connectivity index (χ0n) is 13.1. The number of anilines is 2. The number of rotatable bonds is 4. The molecule has 0 spiro atoms. The fourth-order valence-electron chi connectivity index (χ4n) is 1.95. The van der Waals surface area contributed by atoms with E-state index in [0.29, 0.717) is 0 Å². The van der Waals surface area contributed by atoms with E-state index in [1.807, 2.05) is 44.4 Å². The summed E-state index contributed by atoms with van der Waals surface area (Å²) < 4.78 is 0. The Morgan fingerprint density at radius 1 is 0.909 bits per heavy atom. The van der Waals surface area contributed by atoms with Gasteiger partial charge in [-0.2, -0.15) is 0 Å². The predicted octanol–water partition coefficient (Wildman–Crippen LogP) is 3.67. The quantitative estimate of drug-likeness (QED) is 0.845. The van der Waals surface area contributed by atoms with E-state index in [0.717, 1.165) is 16.8 Å². The van der Waals surface area contributed by atoms with Crippen LogP contribution in [0.5, 0.6) is 0 Å². The van der Waals surface area contributed by atoms with Crippen molar-refractivity contribution in [2.75, 3.05) is 31.4 Å². The van der Waals surface area contributed by atoms with Gasteiger partial charge in [0, 0.05) is 32.5 Å². The SMILES string of the molecule is CNC(=O)Nc1ccc(/C=C/c2ccc(N(C)C)cc2)cc1. The number of hydrogen-bond acceptors (Lipinski definition) is 2. The molecule has 114 valence electrons. The monoisotopic (exact) mass is 295 g/mol. The Kier molecular flexibility index (Phi) is 5.20. The Bertz CT molecular complexity index is 643. The maximum atomic E-state index is 11.2. The van der Waals surface area contributed by atoms with E-state index in [1.165, 1.54) is 5.69 Å². The number of nitrogens with zero attached hydrogens (tertiary/aromatic N) is 1. The van der Waals surface area contributed by atoms with Crippen molar-refractivity contribution in [1.29, 1.82) is 0 Å². The molecule has 22 heavy (non-hydrogen) atoms. The van der Waals surface area contributed by atoms with E-state index >= 15 is 0 Å². The summed E-state index contributed by atoms with van der Waals surface area (Å²) in [5.41, 5.74) is 4.19. The van der Waals surface area contributed by atoms with Crippen molar-refractivity contribution >= 4 is 29.6 Å². The minimum Gasteiger partial charge on any atom is -0.378 e. The van der Waals surface area contributed by atoms with Gasteiger partial charge in [-0.05, 0) is 35.4 Å². The highest BCUT2D eigenvalue weighted by Gasteiger charge is 1.97. The van der Waals surface area contributed by atoms with Crippen molar-refractivity contribution in [2.24, 2.45) is 0 Å². The molecule has 2 amide bonds. The lowest BCUT2D eigenvalue weighted by Crippen LogP contribution is -2.24. The molecule has 0 aromatic heterocycles. The molecule has 0 atom stereocenters. The predicted molar refractivity (Wildman–Crippen MR) is 94.2 cm³/mol. The third-order valence-corrected chi connectivity index (χ3v) is 3.27. The molecule has 2 rings (SSSR count). The molecule has 2 N–H and O–H groups in total. The van der Waals surface area contributed by atoms with Crippen molar-refractivity contribution < 1.29 is 4.79 Å². The smallest absolute Gasteiger partial charge is 0.318 e. The zero-order chi connectivity index (χ0) is 15.9. The molecule has 0 unspecified atom stereocenters. The van der Waals surface area contributed by atoms with Crippen molar-refractivity contribution in [3.05, 3.63) is 59.7 Å². The third kappa shape index (κ3) is 4.38. The van der Waals surface area contributed by atoms with Crippen LogP contribution in [0.25, 0.3) is 12.2 Å². The first-order chi connectivity index (χ1) is 10.6. The van der Waals surface area contributed by atoms with Crippen LogP contribution in [0.4, 0.5) is 16.2 Å². The lowest BCUT2D eigenvalue weighted by Gasteiger charge is -2.11. The summed E-state index contributed by atoms with van der Waals surface area (Å²) in [6, 6.07) is 15.8. The second kappa shape index (κ2) is 7.31. The van der Waals surface area contributed by atoms with Gasteiger partial charge in [0.05, 0.1) is 0 Å².